The average Bonchev–Trinajstić information content (AvgIpc) is 2.53. The molecule has 0 saturated carbocycles. The summed E-state index contributed by atoms with van der Waals surface area (Å²) in [7, 11) is -1.62. The van der Waals surface area contributed by atoms with Crippen molar-refractivity contribution < 1.29 is 13.2 Å². The molecule has 0 spiro atoms. The molecule has 21 heavy (non-hydrogen) atoms. The summed E-state index contributed by atoms with van der Waals surface area (Å²) in [5.41, 5.74) is 0. The van der Waals surface area contributed by atoms with Gasteiger partial charge < -0.3 is 10.6 Å². The molecule has 0 radical (unpaired) electrons. The number of carbonyl (C=O) groups excluding carboxylic acids is 1. The molecule has 0 bridgehead atoms. The Morgan fingerprint density at radius 3 is 2.67 bits per heavy atom. The predicted octanol–water partition coefficient (Wildman–Crippen LogP) is 0.164. The molecule has 2 heterocycles. The lowest BCUT2D eigenvalue weighted by molar-refractivity contribution is -0.125. The van der Waals surface area contributed by atoms with Crippen LogP contribution in [0.3, 0.4) is 0 Å². The van der Waals surface area contributed by atoms with Gasteiger partial charge in [-0.15, -0.1) is 0 Å². The first-order valence-corrected chi connectivity index (χ1v) is 9.54. The Kier molecular flexibility index (Phi) is 6.01. The largest absolute Gasteiger partial charge is 0.359 e. The second-order valence-electron chi connectivity index (χ2n) is 6.11. The average molecular weight is 317 g/mol. The second kappa shape index (κ2) is 7.56. The molecule has 0 aliphatic carbocycles. The van der Waals surface area contributed by atoms with Crippen molar-refractivity contribution >= 4 is 15.9 Å². The Bertz CT molecular complexity index is 446. The highest BCUT2D eigenvalue weighted by Gasteiger charge is 2.32. The SMILES string of the molecule is CNC(=O)C1CCCN(S(=O)(=O)CCC2CCNCC2)C1. The van der Waals surface area contributed by atoms with Gasteiger partial charge in [0.2, 0.25) is 15.9 Å². The summed E-state index contributed by atoms with van der Waals surface area (Å²) in [5.74, 6) is 0.490. The number of amides is 1. The zero-order valence-corrected chi connectivity index (χ0v) is 13.6. The summed E-state index contributed by atoms with van der Waals surface area (Å²) < 4.78 is 26.5. The third-order valence-corrected chi connectivity index (χ3v) is 6.51. The Balaban J connectivity index is 1.87. The maximum Gasteiger partial charge on any atom is 0.224 e. The van der Waals surface area contributed by atoms with Gasteiger partial charge in [-0.3, -0.25) is 4.79 Å². The van der Waals surface area contributed by atoms with Crippen LogP contribution in [-0.2, 0) is 14.8 Å². The number of nitrogens with zero attached hydrogens (tertiary/aromatic N) is 1. The zero-order valence-electron chi connectivity index (χ0n) is 12.8. The van der Waals surface area contributed by atoms with Gasteiger partial charge in [0, 0.05) is 20.1 Å². The van der Waals surface area contributed by atoms with Gasteiger partial charge in [-0.05, 0) is 51.1 Å². The minimum Gasteiger partial charge on any atom is -0.359 e. The standard InChI is InChI=1S/C14H27N3O3S/c1-15-14(18)13-3-2-9-17(11-13)21(19,20)10-6-12-4-7-16-8-5-12/h12-13,16H,2-11H2,1H3,(H,15,18). The van der Waals surface area contributed by atoms with E-state index in [1.165, 1.54) is 4.31 Å². The van der Waals surface area contributed by atoms with E-state index in [9.17, 15) is 13.2 Å². The highest BCUT2D eigenvalue weighted by Crippen LogP contribution is 2.22. The van der Waals surface area contributed by atoms with Crippen LogP contribution in [0.25, 0.3) is 0 Å². The molecule has 122 valence electrons. The molecular formula is C14H27N3O3S. The van der Waals surface area contributed by atoms with E-state index in [4.69, 9.17) is 0 Å². The molecule has 6 nitrogen and oxygen atoms in total. The van der Waals surface area contributed by atoms with Crippen molar-refractivity contribution in [3.05, 3.63) is 0 Å². The quantitative estimate of drug-likeness (QED) is 0.757. The van der Waals surface area contributed by atoms with Crippen molar-refractivity contribution in [2.45, 2.75) is 32.1 Å². The van der Waals surface area contributed by atoms with E-state index in [0.717, 1.165) is 45.2 Å². The van der Waals surface area contributed by atoms with E-state index in [1.807, 2.05) is 0 Å². The summed E-state index contributed by atoms with van der Waals surface area (Å²) in [6, 6.07) is 0. The van der Waals surface area contributed by atoms with Crippen molar-refractivity contribution in [2.75, 3.05) is 39.0 Å². The van der Waals surface area contributed by atoms with Crippen LogP contribution in [0.15, 0.2) is 0 Å². The van der Waals surface area contributed by atoms with Crippen LogP contribution in [0.2, 0.25) is 0 Å². The molecular weight excluding hydrogens is 290 g/mol. The van der Waals surface area contributed by atoms with Crippen molar-refractivity contribution in [3.8, 4) is 0 Å². The molecule has 2 fully saturated rings. The number of sulfonamides is 1. The minimum atomic E-state index is -3.22. The van der Waals surface area contributed by atoms with Gasteiger partial charge in [0.05, 0.1) is 11.7 Å². The van der Waals surface area contributed by atoms with Gasteiger partial charge >= 0.3 is 0 Å². The number of nitrogens with one attached hydrogen (secondary N) is 2. The first kappa shape index (κ1) is 16.7. The fourth-order valence-electron chi connectivity index (χ4n) is 3.23. The fraction of sp³-hybridized carbons (Fsp3) is 0.929. The smallest absolute Gasteiger partial charge is 0.224 e. The lowest BCUT2D eigenvalue weighted by Gasteiger charge is -2.31. The molecule has 0 aromatic heterocycles. The highest BCUT2D eigenvalue weighted by atomic mass is 32.2. The first-order chi connectivity index (χ1) is 10.0. The summed E-state index contributed by atoms with van der Waals surface area (Å²) in [6.07, 6.45) is 4.42. The van der Waals surface area contributed by atoms with E-state index in [0.29, 0.717) is 19.0 Å². The normalized spacial score (nSPS) is 25.7. The van der Waals surface area contributed by atoms with Crippen LogP contribution in [0, 0.1) is 11.8 Å². The van der Waals surface area contributed by atoms with E-state index < -0.39 is 10.0 Å². The Hall–Kier alpha value is -0.660. The highest BCUT2D eigenvalue weighted by molar-refractivity contribution is 7.89. The van der Waals surface area contributed by atoms with E-state index in [-0.39, 0.29) is 17.6 Å². The molecule has 7 heteroatoms. The molecule has 2 rings (SSSR count). The molecule has 2 aliphatic rings. The van der Waals surface area contributed by atoms with Gasteiger partial charge in [0.1, 0.15) is 0 Å². The minimum absolute atomic E-state index is 0.0479. The molecule has 2 aliphatic heterocycles. The lowest BCUT2D eigenvalue weighted by Crippen LogP contribution is -2.45. The van der Waals surface area contributed by atoms with Gasteiger partial charge in [0.25, 0.3) is 0 Å². The number of rotatable bonds is 5. The first-order valence-electron chi connectivity index (χ1n) is 7.93. The molecule has 1 amide bonds. The zero-order chi connectivity index (χ0) is 15.3. The Morgan fingerprint density at radius 1 is 1.29 bits per heavy atom. The molecule has 2 saturated heterocycles. The van der Waals surface area contributed by atoms with Gasteiger partial charge in [-0.2, -0.15) is 0 Å². The van der Waals surface area contributed by atoms with Crippen molar-refractivity contribution in [2.24, 2.45) is 11.8 Å². The van der Waals surface area contributed by atoms with Crippen LogP contribution < -0.4 is 10.6 Å². The number of hydrogen-bond donors (Lipinski definition) is 2. The third kappa shape index (κ3) is 4.66. The summed E-state index contributed by atoms with van der Waals surface area (Å²) in [4.78, 5) is 11.7. The number of piperidine rings is 2. The van der Waals surface area contributed by atoms with Crippen LogP contribution in [0.4, 0.5) is 0 Å². The van der Waals surface area contributed by atoms with E-state index in [2.05, 4.69) is 10.6 Å². The molecule has 2 N–H and O–H groups in total. The lowest BCUT2D eigenvalue weighted by atomic mass is 9.96. The van der Waals surface area contributed by atoms with Crippen LogP contribution in [-0.4, -0.2) is 57.6 Å². The Labute approximate surface area is 127 Å². The Morgan fingerprint density at radius 2 is 2.00 bits per heavy atom. The maximum absolute atomic E-state index is 12.5. The van der Waals surface area contributed by atoms with Crippen molar-refractivity contribution in [3.63, 3.8) is 0 Å². The topological polar surface area (TPSA) is 78.5 Å². The number of carbonyl (C=O) groups is 1. The van der Waals surface area contributed by atoms with Crippen molar-refractivity contribution in [1.29, 1.82) is 0 Å². The molecule has 1 unspecified atom stereocenters. The van der Waals surface area contributed by atoms with Gasteiger partial charge in [-0.1, -0.05) is 0 Å². The third-order valence-electron chi connectivity index (χ3n) is 4.64. The van der Waals surface area contributed by atoms with E-state index >= 15 is 0 Å². The van der Waals surface area contributed by atoms with Crippen molar-refractivity contribution in [1.82, 2.24) is 14.9 Å². The molecule has 1 atom stereocenters. The van der Waals surface area contributed by atoms with Gasteiger partial charge in [0.15, 0.2) is 0 Å². The second-order valence-corrected chi connectivity index (χ2v) is 8.20. The van der Waals surface area contributed by atoms with Crippen LogP contribution in [0.1, 0.15) is 32.1 Å². The summed E-state index contributed by atoms with van der Waals surface area (Å²) in [5, 5.41) is 5.92. The van der Waals surface area contributed by atoms with Gasteiger partial charge in [-0.25, -0.2) is 12.7 Å². The number of hydrogen-bond acceptors (Lipinski definition) is 4. The summed E-state index contributed by atoms with van der Waals surface area (Å²) >= 11 is 0. The predicted molar refractivity (Wildman–Crippen MR) is 82.4 cm³/mol. The molecule has 0 aromatic carbocycles. The fourth-order valence-corrected chi connectivity index (χ4v) is 4.93. The van der Waals surface area contributed by atoms with Crippen LogP contribution >= 0.6 is 0 Å². The van der Waals surface area contributed by atoms with E-state index in [1.54, 1.807) is 7.05 Å². The van der Waals surface area contributed by atoms with Crippen LogP contribution in [0.5, 0.6) is 0 Å². The molecule has 0 aromatic rings. The maximum atomic E-state index is 12.5. The summed E-state index contributed by atoms with van der Waals surface area (Å²) in [6.45, 7) is 2.89. The monoisotopic (exact) mass is 317 g/mol.